The molecule has 2 nitrogen and oxygen atoms in total. The number of hydrogen-bond donors (Lipinski definition) is 1. The van der Waals surface area contributed by atoms with Crippen LogP contribution in [0.4, 0.5) is 0 Å². The number of thiazole rings is 1. The van der Waals surface area contributed by atoms with Gasteiger partial charge in [0.25, 0.3) is 0 Å². The molecular formula is C13H20N2S2. The van der Waals surface area contributed by atoms with Crippen LogP contribution in [0.1, 0.15) is 20.8 Å². The highest BCUT2D eigenvalue weighted by atomic mass is 32.1. The molecule has 17 heavy (non-hydrogen) atoms. The molecule has 1 N–H and O–H groups in total. The SMILES string of the molecule is CCN(CC)CC.S=c1[nH]c2ccccc2s1. The zero-order valence-electron chi connectivity index (χ0n) is 10.7. The first-order valence-corrected chi connectivity index (χ1v) is 7.23. The zero-order chi connectivity index (χ0) is 12.7. The Morgan fingerprint density at radius 3 is 2.18 bits per heavy atom. The summed E-state index contributed by atoms with van der Waals surface area (Å²) in [5.74, 6) is 0. The monoisotopic (exact) mass is 268 g/mol. The average molecular weight is 268 g/mol. The first-order valence-electron chi connectivity index (χ1n) is 6.01. The fourth-order valence-electron chi connectivity index (χ4n) is 1.57. The molecular weight excluding hydrogens is 248 g/mol. The van der Waals surface area contributed by atoms with Gasteiger partial charge >= 0.3 is 0 Å². The summed E-state index contributed by atoms with van der Waals surface area (Å²) in [6.45, 7) is 10.1. The molecule has 0 atom stereocenters. The van der Waals surface area contributed by atoms with Crippen LogP contribution in [0.25, 0.3) is 10.2 Å². The number of benzene rings is 1. The Labute approximate surface area is 112 Å². The maximum atomic E-state index is 4.98. The normalized spacial score (nSPS) is 10.4. The zero-order valence-corrected chi connectivity index (χ0v) is 12.3. The highest BCUT2D eigenvalue weighted by molar-refractivity contribution is 7.73. The van der Waals surface area contributed by atoms with Gasteiger partial charge in [0.15, 0.2) is 3.95 Å². The van der Waals surface area contributed by atoms with E-state index in [0.717, 1.165) is 9.47 Å². The lowest BCUT2D eigenvalue weighted by Crippen LogP contribution is -2.21. The predicted molar refractivity (Wildman–Crippen MR) is 80.5 cm³/mol. The van der Waals surface area contributed by atoms with Gasteiger partial charge in [0, 0.05) is 0 Å². The van der Waals surface area contributed by atoms with E-state index in [1.54, 1.807) is 11.3 Å². The van der Waals surface area contributed by atoms with Crippen molar-refractivity contribution in [3.63, 3.8) is 0 Å². The maximum absolute atomic E-state index is 4.98. The summed E-state index contributed by atoms with van der Waals surface area (Å²) < 4.78 is 2.08. The predicted octanol–water partition coefficient (Wildman–Crippen LogP) is 4.31. The number of aromatic amines is 1. The van der Waals surface area contributed by atoms with E-state index in [9.17, 15) is 0 Å². The third-order valence-corrected chi connectivity index (χ3v) is 3.88. The first kappa shape index (κ1) is 14.4. The van der Waals surface area contributed by atoms with E-state index in [1.807, 2.05) is 18.2 Å². The molecule has 1 aromatic carbocycles. The highest BCUT2D eigenvalue weighted by Crippen LogP contribution is 2.17. The number of hydrogen-bond acceptors (Lipinski definition) is 3. The van der Waals surface area contributed by atoms with Crippen molar-refractivity contribution in [2.45, 2.75) is 20.8 Å². The summed E-state index contributed by atoms with van der Waals surface area (Å²) >= 11 is 6.59. The number of H-pyrrole nitrogens is 1. The Bertz CT molecular complexity index is 442. The number of fused-ring (bicyclic) bond motifs is 1. The summed E-state index contributed by atoms with van der Waals surface area (Å²) in [4.78, 5) is 5.47. The summed E-state index contributed by atoms with van der Waals surface area (Å²) in [6, 6.07) is 8.11. The molecule has 4 heteroatoms. The summed E-state index contributed by atoms with van der Waals surface area (Å²) in [7, 11) is 0. The highest BCUT2D eigenvalue weighted by Gasteiger charge is 1.91. The fraction of sp³-hybridized carbons (Fsp3) is 0.462. The number of aromatic nitrogens is 1. The lowest BCUT2D eigenvalue weighted by atomic mass is 10.3. The van der Waals surface area contributed by atoms with Crippen LogP contribution in [-0.2, 0) is 0 Å². The molecule has 0 saturated carbocycles. The van der Waals surface area contributed by atoms with Crippen LogP contribution in [0.5, 0.6) is 0 Å². The summed E-state index contributed by atoms with van der Waals surface area (Å²) in [5, 5.41) is 0. The molecule has 1 aromatic heterocycles. The topological polar surface area (TPSA) is 19.0 Å². The molecule has 0 unspecified atom stereocenters. The van der Waals surface area contributed by atoms with Gasteiger partial charge in [0.05, 0.1) is 10.2 Å². The van der Waals surface area contributed by atoms with Crippen molar-refractivity contribution in [1.82, 2.24) is 9.88 Å². The summed E-state index contributed by atoms with van der Waals surface area (Å²) in [6.07, 6.45) is 0. The van der Waals surface area contributed by atoms with Crippen molar-refractivity contribution >= 4 is 33.8 Å². The van der Waals surface area contributed by atoms with E-state index in [4.69, 9.17) is 12.2 Å². The van der Waals surface area contributed by atoms with Gasteiger partial charge in [-0.3, -0.25) is 0 Å². The molecule has 0 radical (unpaired) electrons. The van der Waals surface area contributed by atoms with Gasteiger partial charge in [-0.2, -0.15) is 0 Å². The van der Waals surface area contributed by atoms with Crippen LogP contribution in [0.2, 0.25) is 0 Å². The maximum Gasteiger partial charge on any atom is 0.159 e. The molecule has 0 spiro atoms. The Balaban J connectivity index is 0.000000185. The number of rotatable bonds is 3. The number of nitrogens with one attached hydrogen (secondary N) is 1. The van der Waals surface area contributed by atoms with E-state index in [-0.39, 0.29) is 0 Å². The van der Waals surface area contributed by atoms with Crippen molar-refractivity contribution in [2.75, 3.05) is 19.6 Å². The van der Waals surface area contributed by atoms with Gasteiger partial charge in [-0.15, -0.1) is 11.3 Å². The van der Waals surface area contributed by atoms with Gasteiger partial charge in [-0.25, -0.2) is 0 Å². The Morgan fingerprint density at radius 1 is 1.12 bits per heavy atom. The van der Waals surface area contributed by atoms with Crippen molar-refractivity contribution in [1.29, 1.82) is 0 Å². The average Bonchev–Trinajstić information content (AvgIpc) is 2.72. The molecule has 0 aliphatic heterocycles. The molecule has 0 aliphatic carbocycles. The van der Waals surface area contributed by atoms with Crippen molar-refractivity contribution in [3.05, 3.63) is 28.2 Å². The molecule has 0 fully saturated rings. The minimum Gasteiger partial charge on any atom is -0.337 e. The smallest absolute Gasteiger partial charge is 0.159 e. The van der Waals surface area contributed by atoms with Crippen molar-refractivity contribution in [3.8, 4) is 0 Å². The van der Waals surface area contributed by atoms with Crippen LogP contribution in [-0.4, -0.2) is 29.5 Å². The lowest BCUT2D eigenvalue weighted by molar-refractivity contribution is 0.321. The van der Waals surface area contributed by atoms with E-state index in [1.165, 1.54) is 24.3 Å². The minimum absolute atomic E-state index is 0.848. The van der Waals surface area contributed by atoms with Gasteiger partial charge in [0.2, 0.25) is 0 Å². The Morgan fingerprint density at radius 2 is 1.71 bits per heavy atom. The Hall–Kier alpha value is -0.710. The second kappa shape index (κ2) is 7.58. The van der Waals surface area contributed by atoms with Gasteiger partial charge < -0.3 is 9.88 Å². The second-order valence-corrected chi connectivity index (χ2v) is 5.35. The molecule has 0 amide bonds. The van der Waals surface area contributed by atoms with Crippen LogP contribution < -0.4 is 0 Å². The number of para-hydroxylation sites is 1. The lowest BCUT2D eigenvalue weighted by Gasteiger charge is -2.13. The molecule has 0 bridgehead atoms. The molecule has 94 valence electrons. The van der Waals surface area contributed by atoms with Crippen LogP contribution in [0.15, 0.2) is 24.3 Å². The Kier molecular flexibility index (Phi) is 6.40. The quantitative estimate of drug-likeness (QED) is 0.837. The van der Waals surface area contributed by atoms with Gasteiger partial charge in [0.1, 0.15) is 0 Å². The van der Waals surface area contributed by atoms with Crippen molar-refractivity contribution in [2.24, 2.45) is 0 Å². The van der Waals surface area contributed by atoms with Crippen molar-refractivity contribution < 1.29 is 0 Å². The van der Waals surface area contributed by atoms with Crippen LogP contribution >= 0.6 is 23.6 Å². The molecule has 0 aliphatic rings. The number of nitrogens with zero attached hydrogens (tertiary/aromatic N) is 1. The minimum atomic E-state index is 0.848. The van der Waals surface area contributed by atoms with E-state index >= 15 is 0 Å². The van der Waals surface area contributed by atoms with Crippen LogP contribution in [0, 0.1) is 3.95 Å². The third-order valence-electron chi connectivity index (χ3n) is 2.67. The second-order valence-electron chi connectivity index (χ2n) is 3.63. The molecule has 0 saturated heterocycles. The molecule has 2 aromatic rings. The molecule has 2 rings (SSSR count). The first-order chi connectivity index (χ1) is 8.21. The third kappa shape index (κ3) is 4.58. The fourth-order valence-corrected chi connectivity index (χ4v) is 2.68. The summed E-state index contributed by atoms with van der Waals surface area (Å²) in [5.41, 5.74) is 1.14. The van der Waals surface area contributed by atoms with Gasteiger partial charge in [-0.05, 0) is 44.0 Å². The van der Waals surface area contributed by atoms with E-state index in [0.29, 0.717) is 0 Å². The van der Waals surface area contributed by atoms with E-state index in [2.05, 4.69) is 36.7 Å². The molecule has 1 heterocycles. The van der Waals surface area contributed by atoms with Crippen LogP contribution in [0.3, 0.4) is 0 Å². The van der Waals surface area contributed by atoms with E-state index < -0.39 is 0 Å². The standard InChI is InChI=1S/C7H5NS2.C6H15N/c9-7-8-5-3-1-2-4-6(5)10-7;1-4-7(5-2)6-3/h1-4H,(H,8,9);4-6H2,1-3H3. The largest absolute Gasteiger partial charge is 0.337 e. The van der Waals surface area contributed by atoms with Gasteiger partial charge in [-0.1, -0.05) is 32.9 Å².